The van der Waals surface area contributed by atoms with Gasteiger partial charge in [0, 0.05) is 0 Å². The molecule has 1 saturated heterocycles. The van der Waals surface area contributed by atoms with Crippen LogP contribution in [-0.4, -0.2) is 32.2 Å². The second-order valence-electron chi connectivity index (χ2n) is 5.10. The van der Waals surface area contributed by atoms with Crippen LogP contribution in [0.1, 0.15) is 31.7 Å². The Balaban J connectivity index is 2.24. The molecule has 7 heteroatoms. The van der Waals surface area contributed by atoms with Gasteiger partial charge in [0.1, 0.15) is 16.2 Å². The molecular formula is C16H16FNO3S2. The van der Waals surface area contributed by atoms with E-state index in [0.29, 0.717) is 23.3 Å². The fraction of sp³-hybridized carbons (Fsp3) is 0.312. The van der Waals surface area contributed by atoms with Gasteiger partial charge in [-0.05, 0) is 30.2 Å². The minimum atomic E-state index is -1.06. The van der Waals surface area contributed by atoms with Crippen molar-refractivity contribution < 1.29 is 19.1 Å². The molecule has 2 rings (SSSR count). The number of carbonyl (C=O) groups excluding carboxylic acids is 1. The van der Waals surface area contributed by atoms with Crippen molar-refractivity contribution >= 4 is 46.3 Å². The Morgan fingerprint density at radius 1 is 1.43 bits per heavy atom. The molecule has 1 aromatic rings. The summed E-state index contributed by atoms with van der Waals surface area (Å²) in [4.78, 5) is 25.5. The lowest BCUT2D eigenvalue weighted by atomic mass is 10.1. The average Bonchev–Trinajstić information content (AvgIpc) is 2.77. The number of carbonyl (C=O) groups is 2. The van der Waals surface area contributed by atoms with Crippen molar-refractivity contribution in [3.63, 3.8) is 0 Å². The molecule has 0 aliphatic carbocycles. The number of hydrogen-bond donors (Lipinski definition) is 1. The number of halogens is 1. The van der Waals surface area contributed by atoms with Gasteiger partial charge in [-0.1, -0.05) is 55.9 Å². The Bertz CT molecular complexity index is 658. The van der Waals surface area contributed by atoms with Gasteiger partial charge in [-0.25, -0.2) is 9.18 Å². The van der Waals surface area contributed by atoms with Gasteiger partial charge in [0.25, 0.3) is 5.91 Å². The molecule has 122 valence electrons. The highest BCUT2D eigenvalue weighted by molar-refractivity contribution is 8.26. The number of nitrogens with zero attached hydrogens (tertiary/aromatic N) is 1. The van der Waals surface area contributed by atoms with Crippen LogP contribution in [0.3, 0.4) is 0 Å². The van der Waals surface area contributed by atoms with Crippen molar-refractivity contribution in [3.05, 3.63) is 40.6 Å². The van der Waals surface area contributed by atoms with Crippen molar-refractivity contribution in [2.24, 2.45) is 0 Å². The molecule has 0 aromatic heterocycles. The summed E-state index contributed by atoms with van der Waals surface area (Å²) >= 11 is 6.25. The van der Waals surface area contributed by atoms with Crippen LogP contribution in [0.15, 0.2) is 29.2 Å². The maximum absolute atomic E-state index is 12.9. The molecule has 1 aliphatic rings. The number of hydrogen-bond acceptors (Lipinski definition) is 4. The Morgan fingerprint density at radius 2 is 2.09 bits per heavy atom. The third kappa shape index (κ3) is 4.17. The Kier molecular flexibility index (Phi) is 5.90. The molecule has 0 unspecified atom stereocenters. The van der Waals surface area contributed by atoms with Crippen LogP contribution in [-0.2, 0) is 9.59 Å². The maximum Gasteiger partial charge on any atom is 0.326 e. The van der Waals surface area contributed by atoms with Gasteiger partial charge >= 0.3 is 5.97 Å². The summed E-state index contributed by atoms with van der Waals surface area (Å²) in [6.07, 6.45) is 3.49. The molecule has 1 aliphatic heterocycles. The number of carboxylic acids is 1. The van der Waals surface area contributed by atoms with Crippen molar-refractivity contribution in [3.8, 4) is 0 Å². The molecule has 0 saturated carbocycles. The van der Waals surface area contributed by atoms with E-state index in [-0.39, 0.29) is 10.1 Å². The zero-order valence-corrected chi connectivity index (χ0v) is 14.1. The van der Waals surface area contributed by atoms with Gasteiger partial charge in [0.15, 0.2) is 0 Å². The van der Waals surface area contributed by atoms with Crippen LogP contribution in [0.5, 0.6) is 0 Å². The van der Waals surface area contributed by atoms with E-state index in [0.717, 1.165) is 18.2 Å². The zero-order chi connectivity index (χ0) is 17.0. The van der Waals surface area contributed by atoms with Crippen LogP contribution in [0.2, 0.25) is 0 Å². The lowest BCUT2D eigenvalue weighted by Crippen LogP contribution is -2.43. The van der Waals surface area contributed by atoms with Gasteiger partial charge in [-0.3, -0.25) is 9.69 Å². The van der Waals surface area contributed by atoms with E-state index in [4.69, 9.17) is 12.2 Å². The van der Waals surface area contributed by atoms with Gasteiger partial charge in [-0.2, -0.15) is 0 Å². The first-order chi connectivity index (χ1) is 10.9. The summed E-state index contributed by atoms with van der Waals surface area (Å²) < 4.78 is 13.2. The van der Waals surface area contributed by atoms with E-state index in [1.54, 1.807) is 18.2 Å². The maximum atomic E-state index is 12.9. The summed E-state index contributed by atoms with van der Waals surface area (Å²) in [5.41, 5.74) is 0.660. The van der Waals surface area contributed by atoms with Crippen molar-refractivity contribution in [2.75, 3.05) is 0 Å². The first-order valence-corrected chi connectivity index (χ1v) is 8.42. The fourth-order valence-electron chi connectivity index (χ4n) is 2.22. The topological polar surface area (TPSA) is 57.6 Å². The smallest absolute Gasteiger partial charge is 0.326 e. The minimum absolute atomic E-state index is 0.242. The molecule has 0 bridgehead atoms. The average molecular weight is 353 g/mol. The van der Waals surface area contributed by atoms with Gasteiger partial charge in [-0.15, -0.1) is 0 Å². The summed E-state index contributed by atoms with van der Waals surface area (Å²) in [7, 11) is 0. The Hall–Kier alpha value is -1.73. The van der Waals surface area contributed by atoms with E-state index in [1.165, 1.54) is 17.0 Å². The van der Waals surface area contributed by atoms with Gasteiger partial charge in [0.05, 0.1) is 4.91 Å². The number of aliphatic carboxylic acids is 1. The first kappa shape index (κ1) is 17.6. The quantitative estimate of drug-likeness (QED) is 0.625. The summed E-state index contributed by atoms with van der Waals surface area (Å²) in [5.74, 6) is -1.83. The number of unbranched alkanes of at least 4 members (excludes halogenated alkanes) is 1. The Morgan fingerprint density at radius 3 is 2.65 bits per heavy atom. The highest BCUT2D eigenvalue weighted by Crippen LogP contribution is 2.35. The Labute approximate surface area is 143 Å². The summed E-state index contributed by atoms with van der Waals surface area (Å²) in [5, 5.41) is 9.38. The van der Waals surface area contributed by atoms with Gasteiger partial charge < -0.3 is 5.11 Å². The van der Waals surface area contributed by atoms with Crippen LogP contribution in [0.25, 0.3) is 6.08 Å². The molecule has 1 heterocycles. The number of carboxylic acid groups (broad SMARTS) is 1. The predicted molar refractivity (Wildman–Crippen MR) is 92.4 cm³/mol. The van der Waals surface area contributed by atoms with E-state index in [1.807, 2.05) is 6.92 Å². The van der Waals surface area contributed by atoms with E-state index < -0.39 is 17.9 Å². The molecule has 1 amide bonds. The predicted octanol–water partition coefficient (Wildman–Crippen LogP) is 3.67. The normalized spacial score (nSPS) is 17.8. The van der Waals surface area contributed by atoms with Crippen LogP contribution in [0.4, 0.5) is 4.39 Å². The third-order valence-corrected chi connectivity index (χ3v) is 4.75. The lowest BCUT2D eigenvalue weighted by Gasteiger charge is -2.22. The highest BCUT2D eigenvalue weighted by Gasteiger charge is 2.40. The van der Waals surface area contributed by atoms with Crippen molar-refractivity contribution in [1.82, 2.24) is 4.90 Å². The van der Waals surface area contributed by atoms with E-state index in [2.05, 4.69) is 0 Å². The molecular weight excluding hydrogens is 337 g/mol. The molecule has 1 aromatic carbocycles. The monoisotopic (exact) mass is 353 g/mol. The summed E-state index contributed by atoms with van der Waals surface area (Å²) in [6, 6.07) is 4.75. The number of amides is 1. The first-order valence-electron chi connectivity index (χ1n) is 7.19. The molecule has 1 atom stereocenters. The summed E-state index contributed by atoms with van der Waals surface area (Å²) in [6.45, 7) is 1.96. The minimum Gasteiger partial charge on any atom is -0.480 e. The molecule has 1 fully saturated rings. The zero-order valence-electron chi connectivity index (χ0n) is 12.5. The molecule has 4 nitrogen and oxygen atoms in total. The van der Waals surface area contributed by atoms with E-state index >= 15 is 0 Å². The highest BCUT2D eigenvalue weighted by atomic mass is 32.2. The third-order valence-electron chi connectivity index (χ3n) is 3.42. The van der Waals surface area contributed by atoms with Crippen molar-refractivity contribution in [2.45, 2.75) is 32.2 Å². The number of thiocarbonyl (C=S) groups is 1. The fourth-order valence-corrected chi connectivity index (χ4v) is 3.58. The van der Waals surface area contributed by atoms with Crippen LogP contribution < -0.4 is 0 Å². The second-order valence-corrected chi connectivity index (χ2v) is 6.78. The largest absolute Gasteiger partial charge is 0.480 e. The number of rotatable bonds is 6. The number of benzene rings is 1. The SMILES string of the molecule is CCCC[C@@H](C(=O)O)N1C(=O)/C(=C/c2ccc(F)cc2)SC1=S. The van der Waals surface area contributed by atoms with Crippen LogP contribution in [0, 0.1) is 5.82 Å². The van der Waals surface area contributed by atoms with E-state index in [9.17, 15) is 19.1 Å². The van der Waals surface area contributed by atoms with Crippen LogP contribution >= 0.6 is 24.0 Å². The molecule has 23 heavy (non-hydrogen) atoms. The second kappa shape index (κ2) is 7.70. The van der Waals surface area contributed by atoms with Crippen molar-refractivity contribution in [1.29, 1.82) is 0 Å². The molecule has 1 N–H and O–H groups in total. The standard InChI is InChI=1S/C16H16FNO3S2/c1-2-3-4-12(15(20)21)18-14(19)13(23-16(18)22)9-10-5-7-11(17)8-6-10/h5-9,12H,2-4H2,1H3,(H,20,21)/b13-9-/t12-/m0/s1. The lowest BCUT2D eigenvalue weighted by molar-refractivity contribution is -0.145. The number of thioether (sulfide) groups is 1. The molecule has 0 spiro atoms. The molecule has 0 radical (unpaired) electrons. The van der Waals surface area contributed by atoms with Gasteiger partial charge in [0.2, 0.25) is 0 Å².